The molecule has 0 radical (unpaired) electrons. The lowest BCUT2D eigenvalue weighted by molar-refractivity contribution is -0.151. The van der Waals surface area contributed by atoms with Gasteiger partial charge in [0, 0.05) is 6.42 Å². The summed E-state index contributed by atoms with van der Waals surface area (Å²) in [4.78, 5) is 26.2. The van der Waals surface area contributed by atoms with E-state index in [4.69, 9.17) is 4.74 Å². The van der Waals surface area contributed by atoms with Gasteiger partial charge in [0.2, 0.25) is 5.91 Å². The van der Waals surface area contributed by atoms with Crippen molar-refractivity contribution in [1.82, 2.24) is 5.32 Å². The Morgan fingerprint density at radius 1 is 0.469 bits per heavy atom. The van der Waals surface area contributed by atoms with Crippen molar-refractivity contribution >= 4 is 11.9 Å². The molecule has 0 saturated heterocycles. The average Bonchev–Trinajstić information content (AvgIpc) is 3.29. The number of allylic oxidation sites excluding steroid dienone is 12. The topological polar surface area (TPSA) is 95.9 Å². The summed E-state index contributed by atoms with van der Waals surface area (Å²) in [7, 11) is 0. The van der Waals surface area contributed by atoms with Gasteiger partial charge < -0.3 is 20.3 Å². The van der Waals surface area contributed by atoms with E-state index in [2.05, 4.69) is 99.0 Å². The molecule has 0 fully saturated rings. The monoisotopic (exact) mass is 894 g/mol. The number of nitrogens with one attached hydrogen (secondary N) is 1. The van der Waals surface area contributed by atoms with Gasteiger partial charge in [-0.25, -0.2) is 0 Å². The first-order valence-corrected chi connectivity index (χ1v) is 27.2. The lowest BCUT2D eigenvalue weighted by Crippen LogP contribution is -2.46. The molecule has 64 heavy (non-hydrogen) atoms. The highest BCUT2D eigenvalue weighted by Crippen LogP contribution is 2.17. The van der Waals surface area contributed by atoms with Gasteiger partial charge in [-0.15, -0.1) is 0 Å². The fourth-order valence-electron chi connectivity index (χ4n) is 7.93. The average molecular weight is 894 g/mol. The Bertz CT molecular complexity index is 1190. The Hall–Kier alpha value is -2.70. The molecule has 3 atom stereocenters. The highest BCUT2D eigenvalue weighted by molar-refractivity contribution is 5.77. The second kappa shape index (κ2) is 51.3. The van der Waals surface area contributed by atoms with Gasteiger partial charge in [-0.3, -0.25) is 9.59 Å². The molecule has 0 saturated carbocycles. The molecule has 6 heteroatoms. The van der Waals surface area contributed by atoms with Crippen molar-refractivity contribution in [3.8, 4) is 0 Å². The number of esters is 1. The Morgan fingerprint density at radius 2 is 0.859 bits per heavy atom. The number of hydrogen-bond acceptors (Lipinski definition) is 5. The van der Waals surface area contributed by atoms with Gasteiger partial charge >= 0.3 is 5.97 Å². The second-order valence-electron chi connectivity index (χ2n) is 18.2. The summed E-state index contributed by atoms with van der Waals surface area (Å²) in [5.41, 5.74) is 0. The van der Waals surface area contributed by atoms with Crippen LogP contribution in [0.25, 0.3) is 0 Å². The van der Waals surface area contributed by atoms with Crippen molar-refractivity contribution in [2.24, 2.45) is 0 Å². The van der Waals surface area contributed by atoms with E-state index in [0.29, 0.717) is 19.3 Å². The van der Waals surface area contributed by atoms with E-state index in [1.807, 2.05) is 0 Å². The van der Waals surface area contributed by atoms with Crippen LogP contribution in [0.3, 0.4) is 0 Å². The van der Waals surface area contributed by atoms with E-state index in [9.17, 15) is 19.8 Å². The first-order valence-electron chi connectivity index (χ1n) is 27.2. The number of ether oxygens (including phenoxy) is 1. The first kappa shape index (κ1) is 61.3. The molecule has 0 aromatic heterocycles. The summed E-state index contributed by atoms with van der Waals surface area (Å²) >= 11 is 0. The standard InChI is InChI=1S/C58H103NO5/c1-4-7-10-13-16-19-22-25-27-28-29-30-31-33-36-39-42-45-48-51-58(63)64-54(49-46-43-40-37-34-32-26-23-20-17-14-11-8-5-2)52-57(62)59-55(53-60)56(61)50-47-44-41-38-35-24-21-18-15-12-9-6-3/h8,11,16-17,19-20,25-27,32,37,40,54-56,60-61H,4-7,9-10,12-15,18,21-24,28-31,33-36,38-39,41-53H2,1-3H3,(H,59,62)/b11-8+,19-16-,20-17+,27-25-,32-26+,40-37+. The van der Waals surface area contributed by atoms with Crippen molar-refractivity contribution < 1.29 is 24.5 Å². The third-order valence-electron chi connectivity index (χ3n) is 12.0. The predicted molar refractivity (Wildman–Crippen MR) is 278 cm³/mol. The van der Waals surface area contributed by atoms with Crippen LogP contribution in [-0.2, 0) is 14.3 Å². The van der Waals surface area contributed by atoms with Crippen molar-refractivity contribution in [1.29, 1.82) is 0 Å². The zero-order chi connectivity index (χ0) is 46.7. The van der Waals surface area contributed by atoms with Crippen LogP contribution in [-0.4, -0.2) is 46.9 Å². The molecule has 0 heterocycles. The van der Waals surface area contributed by atoms with Crippen molar-refractivity contribution in [2.45, 2.75) is 277 Å². The smallest absolute Gasteiger partial charge is 0.306 e. The zero-order valence-corrected chi connectivity index (χ0v) is 42.1. The molecule has 0 bridgehead atoms. The molecule has 0 aliphatic heterocycles. The predicted octanol–water partition coefficient (Wildman–Crippen LogP) is 16.6. The lowest BCUT2D eigenvalue weighted by Gasteiger charge is -2.24. The Labute approximate surface area is 396 Å². The van der Waals surface area contributed by atoms with Crippen molar-refractivity contribution in [3.05, 3.63) is 72.9 Å². The molecule has 3 unspecified atom stereocenters. The number of aliphatic hydroxyl groups excluding tert-OH is 2. The maximum absolute atomic E-state index is 13.2. The fraction of sp³-hybridized carbons (Fsp3) is 0.759. The Morgan fingerprint density at radius 3 is 1.34 bits per heavy atom. The number of aliphatic hydroxyl groups is 2. The highest BCUT2D eigenvalue weighted by Gasteiger charge is 2.24. The second-order valence-corrected chi connectivity index (χ2v) is 18.2. The van der Waals surface area contributed by atoms with Crippen LogP contribution in [0, 0.1) is 0 Å². The SMILES string of the molecule is CC/C=C/C/C=C/C/C=C/C/C=C/CCCC(CC(=O)NC(CO)C(O)CCCCCCCCCCCCCC)OC(=O)CCCCCCCCCCC/C=C\C/C=C\CCCCC. The van der Waals surface area contributed by atoms with Gasteiger partial charge in [-0.1, -0.05) is 229 Å². The molecule has 0 spiro atoms. The van der Waals surface area contributed by atoms with Gasteiger partial charge in [0.15, 0.2) is 0 Å². The number of carbonyl (C=O) groups is 2. The van der Waals surface area contributed by atoms with E-state index in [1.54, 1.807) is 0 Å². The molecule has 0 rings (SSSR count). The zero-order valence-electron chi connectivity index (χ0n) is 42.1. The minimum absolute atomic E-state index is 0.0363. The van der Waals surface area contributed by atoms with Crippen molar-refractivity contribution in [2.75, 3.05) is 6.61 Å². The third kappa shape index (κ3) is 45.9. The van der Waals surface area contributed by atoms with E-state index in [1.165, 1.54) is 128 Å². The minimum Gasteiger partial charge on any atom is -0.462 e. The minimum atomic E-state index is -0.805. The van der Waals surface area contributed by atoms with Crippen LogP contribution in [0.1, 0.15) is 258 Å². The van der Waals surface area contributed by atoms with Crippen LogP contribution < -0.4 is 5.32 Å². The normalized spacial score (nSPS) is 13.8. The van der Waals surface area contributed by atoms with E-state index in [0.717, 1.165) is 83.5 Å². The molecule has 1 amide bonds. The molecular weight excluding hydrogens is 791 g/mol. The van der Waals surface area contributed by atoms with E-state index in [-0.39, 0.29) is 24.9 Å². The summed E-state index contributed by atoms with van der Waals surface area (Å²) in [5, 5.41) is 23.8. The van der Waals surface area contributed by atoms with Gasteiger partial charge in [-0.2, -0.15) is 0 Å². The highest BCUT2D eigenvalue weighted by atomic mass is 16.5. The largest absolute Gasteiger partial charge is 0.462 e. The molecule has 370 valence electrons. The molecule has 6 nitrogen and oxygen atoms in total. The Balaban J connectivity index is 4.62. The van der Waals surface area contributed by atoms with E-state index < -0.39 is 18.2 Å². The van der Waals surface area contributed by atoms with Crippen LogP contribution in [0.15, 0.2) is 72.9 Å². The molecule has 0 aromatic rings. The van der Waals surface area contributed by atoms with Gasteiger partial charge in [0.05, 0.1) is 25.2 Å². The van der Waals surface area contributed by atoms with Gasteiger partial charge in [0.1, 0.15) is 6.10 Å². The van der Waals surface area contributed by atoms with E-state index >= 15 is 0 Å². The van der Waals surface area contributed by atoms with Crippen molar-refractivity contribution in [3.63, 3.8) is 0 Å². The quantitative estimate of drug-likeness (QED) is 0.0321. The maximum Gasteiger partial charge on any atom is 0.306 e. The van der Waals surface area contributed by atoms with Crippen LogP contribution in [0.2, 0.25) is 0 Å². The molecular formula is C58H103NO5. The van der Waals surface area contributed by atoms with Gasteiger partial charge in [-0.05, 0) is 89.9 Å². The summed E-state index contributed by atoms with van der Waals surface area (Å²) < 4.78 is 5.92. The third-order valence-corrected chi connectivity index (χ3v) is 12.0. The number of hydrogen-bond donors (Lipinski definition) is 3. The fourth-order valence-corrected chi connectivity index (χ4v) is 7.93. The lowest BCUT2D eigenvalue weighted by atomic mass is 10.0. The molecule has 3 N–H and O–H groups in total. The summed E-state index contributed by atoms with van der Waals surface area (Å²) in [6.45, 7) is 6.33. The molecule has 0 aromatic carbocycles. The first-order chi connectivity index (χ1) is 31.5. The number of unbranched alkanes of at least 4 members (excludes halogenated alkanes) is 24. The Kier molecular flexibility index (Phi) is 49.1. The number of carbonyl (C=O) groups excluding carboxylic acids is 2. The van der Waals surface area contributed by atoms with Gasteiger partial charge in [0.25, 0.3) is 0 Å². The number of rotatable bonds is 48. The summed E-state index contributed by atoms with van der Waals surface area (Å²) in [6.07, 6.45) is 65.4. The summed E-state index contributed by atoms with van der Waals surface area (Å²) in [5.74, 6) is -0.532. The van der Waals surface area contributed by atoms with Crippen LogP contribution in [0.5, 0.6) is 0 Å². The maximum atomic E-state index is 13.2. The number of amides is 1. The molecule has 0 aliphatic carbocycles. The van der Waals surface area contributed by atoms with Crippen LogP contribution in [0.4, 0.5) is 0 Å². The summed E-state index contributed by atoms with van der Waals surface area (Å²) in [6, 6.07) is -0.722. The molecule has 0 aliphatic rings. The van der Waals surface area contributed by atoms with Crippen LogP contribution >= 0.6 is 0 Å².